The van der Waals surface area contributed by atoms with Gasteiger partial charge < -0.3 is 26.0 Å². The Morgan fingerprint density at radius 2 is 1.73 bits per heavy atom. The fraction of sp³-hybridized carbons (Fsp3) is 0.350. The van der Waals surface area contributed by atoms with Crippen LogP contribution in [0.1, 0.15) is 29.9 Å². The van der Waals surface area contributed by atoms with E-state index in [1.165, 1.54) is 16.5 Å². The van der Waals surface area contributed by atoms with E-state index >= 15 is 0 Å². The van der Waals surface area contributed by atoms with E-state index in [9.17, 15) is 15.0 Å². The molecular formula is C20H26N2O4. The number of nitrogens with zero attached hydrogens (tertiary/aromatic N) is 1. The highest BCUT2D eigenvalue weighted by Gasteiger charge is 2.24. The minimum Gasteiger partial charge on any atom is -0.508 e. The van der Waals surface area contributed by atoms with Crippen LogP contribution in [0.15, 0.2) is 48.5 Å². The number of likely N-dealkylation sites (tertiary alicyclic amines) is 1. The Kier molecular flexibility index (Phi) is 7.29. The number of hydrogen-bond acceptors (Lipinski definition) is 4. The molecule has 1 aliphatic rings. The SMILES string of the molecule is NCCc1ccccc1.O=C(O)N1CCC(c2ccc(O)cc2O)CC1. The van der Waals surface area contributed by atoms with E-state index in [0.29, 0.717) is 25.9 Å². The third kappa shape index (κ3) is 5.67. The van der Waals surface area contributed by atoms with Crippen molar-refractivity contribution in [2.24, 2.45) is 5.73 Å². The number of aromatic hydroxyl groups is 2. The van der Waals surface area contributed by atoms with E-state index in [2.05, 4.69) is 12.1 Å². The number of nitrogens with two attached hydrogens (primary N) is 1. The van der Waals surface area contributed by atoms with Crippen LogP contribution in [0.5, 0.6) is 11.5 Å². The van der Waals surface area contributed by atoms with E-state index in [4.69, 9.17) is 10.8 Å². The smallest absolute Gasteiger partial charge is 0.407 e. The number of carbonyl (C=O) groups is 1. The summed E-state index contributed by atoms with van der Waals surface area (Å²) < 4.78 is 0. The van der Waals surface area contributed by atoms with E-state index in [0.717, 1.165) is 18.5 Å². The van der Waals surface area contributed by atoms with Crippen LogP contribution in [0.4, 0.5) is 4.79 Å². The molecule has 5 N–H and O–H groups in total. The second kappa shape index (κ2) is 9.68. The standard InChI is InChI=1S/C12H15NO4.C8H11N/c14-9-1-2-10(11(15)7-9)8-3-5-13(6-4-8)12(16)17;9-7-6-8-4-2-1-3-5-8/h1-2,7-8,14-15H,3-6H2,(H,16,17);1-5H,6-7,9H2. The van der Waals surface area contributed by atoms with Crippen molar-refractivity contribution in [2.75, 3.05) is 19.6 Å². The van der Waals surface area contributed by atoms with Gasteiger partial charge in [-0.2, -0.15) is 0 Å². The van der Waals surface area contributed by atoms with E-state index < -0.39 is 6.09 Å². The Labute approximate surface area is 153 Å². The number of carboxylic acid groups (broad SMARTS) is 1. The lowest BCUT2D eigenvalue weighted by molar-refractivity contribution is 0.132. The summed E-state index contributed by atoms with van der Waals surface area (Å²) in [5.41, 5.74) is 7.47. The first-order valence-corrected chi connectivity index (χ1v) is 8.75. The van der Waals surface area contributed by atoms with E-state index in [1.54, 1.807) is 12.1 Å². The van der Waals surface area contributed by atoms with Gasteiger partial charge in [-0.3, -0.25) is 0 Å². The van der Waals surface area contributed by atoms with E-state index in [-0.39, 0.29) is 17.4 Å². The molecule has 0 unspecified atom stereocenters. The Bertz CT molecular complexity index is 698. The Hall–Kier alpha value is -2.73. The zero-order chi connectivity index (χ0) is 18.9. The van der Waals surface area contributed by atoms with Crippen LogP contribution in [-0.2, 0) is 6.42 Å². The first kappa shape index (κ1) is 19.6. The average molecular weight is 358 g/mol. The van der Waals surface area contributed by atoms with Crippen molar-refractivity contribution in [3.63, 3.8) is 0 Å². The molecular weight excluding hydrogens is 332 g/mol. The molecule has 0 saturated carbocycles. The van der Waals surface area contributed by atoms with Gasteiger partial charge in [0, 0.05) is 19.2 Å². The third-order valence-electron chi connectivity index (χ3n) is 4.50. The molecule has 1 aliphatic heterocycles. The molecule has 0 aliphatic carbocycles. The average Bonchev–Trinajstić information content (AvgIpc) is 2.64. The summed E-state index contributed by atoms with van der Waals surface area (Å²) in [6.07, 6.45) is 1.49. The molecule has 1 amide bonds. The molecule has 2 aromatic carbocycles. The Morgan fingerprint density at radius 1 is 1.08 bits per heavy atom. The van der Waals surface area contributed by atoms with Gasteiger partial charge in [-0.15, -0.1) is 0 Å². The number of hydrogen-bond donors (Lipinski definition) is 4. The third-order valence-corrected chi connectivity index (χ3v) is 4.50. The molecule has 1 saturated heterocycles. The summed E-state index contributed by atoms with van der Waals surface area (Å²) >= 11 is 0. The quantitative estimate of drug-likeness (QED) is 0.674. The summed E-state index contributed by atoms with van der Waals surface area (Å²) in [6.45, 7) is 1.71. The second-order valence-electron chi connectivity index (χ2n) is 6.31. The van der Waals surface area contributed by atoms with Crippen molar-refractivity contribution in [1.82, 2.24) is 4.90 Å². The summed E-state index contributed by atoms with van der Waals surface area (Å²) in [7, 11) is 0. The van der Waals surface area contributed by atoms with Gasteiger partial charge in [0.05, 0.1) is 0 Å². The Morgan fingerprint density at radius 3 is 2.27 bits per heavy atom. The predicted octanol–water partition coefficient (Wildman–Crippen LogP) is 3.14. The van der Waals surface area contributed by atoms with Crippen molar-refractivity contribution < 1.29 is 20.1 Å². The zero-order valence-corrected chi connectivity index (χ0v) is 14.7. The van der Waals surface area contributed by atoms with Crippen molar-refractivity contribution in [2.45, 2.75) is 25.2 Å². The van der Waals surface area contributed by atoms with Crippen molar-refractivity contribution in [1.29, 1.82) is 0 Å². The lowest BCUT2D eigenvalue weighted by atomic mass is 9.89. The minimum absolute atomic E-state index is 0.0363. The number of piperidine rings is 1. The van der Waals surface area contributed by atoms with Gasteiger partial charge in [-0.25, -0.2) is 4.79 Å². The molecule has 0 atom stereocenters. The van der Waals surface area contributed by atoms with Crippen LogP contribution < -0.4 is 5.73 Å². The molecule has 140 valence electrons. The zero-order valence-electron chi connectivity index (χ0n) is 14.7. The van der Waals surface area contributed by atoms with Gasteiger partial charge in [0.2, 0.25) is 0 Å². The fourth-order valence-electron chi connectivity index (χ4n) is 3.07. The molecule has 6 heteroatoms. The molecule has 6 nitrogen and oxygen atoms in total. The van der Waals surface area contributed by atoms with Crippen LogP contribution in [-0.4, -0.2) is 45.9 Å². The van der Waals surface area contributed by atoms with Gasteiger partial charge in [0.15, 0.2) is 0 Å². The Balaban J connectivity index is 0.000000228. The molecule has 0 radical (unpaired) electrons. The molecule has 1 fully saturated rings. The first-order chi connectivity index (χ1) is 12.5. The maximum atomic E-state index is 10.8. The second-order valence-corrected chi connectivity index (χ2v) is 6.31. The topological polar surface area (TPSA) is 107 Å². The van der Waals surface area contributed by atoms with Gasteiger partial charge >= 0.3 is 6.09 Å². The monoisotopic (exact) mass is 358 g/mol. The summed E-state index contributed by atoms with van der Waals surface area (Å²) in [6, 6.07) is 14.8. The van der Waals surface area contributed by atoms with Crippen LogP contribution in [0, 0.1) is 0 Å². The van der Waals surface area contributed by atoms with Crippen LogP contribution in [0.2, 0.25) is 0 Å². The molecule has 2 aromatic rings. The highest BCUT2D eigenvalue weighted by atomic mass is 16.4. The number of phenolic OH excluding ortho intramolecular Hbond substituents is 2. The van der Waals surface area contributed by atoms with Gasteiger partial charge in [0.25, 0.3) is 0 Å². The summed E-state index contributed by atoms with van der Waals surface area (Å²) in [5.74, 6) is 0.277. The van der Waals surface area contributed by atoms with Crippen LogP contribution >= 0.6 is 0 Å². The first-order valence-electron chi connectivity index (χ1n) is 8.75. The maximum absolute atomic E-state index is 10.8. The van der Waals surface area contributed by atoms with E-state index in [1.807, 2.05) is 18.2 Å². The van der Waals surface area contributed by atoms with Crippen molar-refractivity contribution >= 4 is 6.09 Å². The molecule has 3 rings (SSSR count). The molecule has 0 bridgehead atoms. The van der Waals surface area contributed by atoms with Gasteiger partial charge in [-0.1, -0.05) is 36.4 Å². The molecule has 26 heavy (non-hydrogen) atoms. The van der Waals surface area contributed by atoms with Gasteiger partial charge in [0.1, 0.15) is 11.5 Å². The molecule has 0 spiro atoms. The largest absolute Gasteiger partial charge is 0.508 e. The van der Waals surface area contributed by atoms with Gasteiger partial charge in [-0.05, 0) is 48.9 Å². The summed E-state index contributed by atoms with van der Waals surface area (Å²) in [4.78, 5) is 12.1. The predicted molar refractivity (Wildman–Crippen MR) is 101 cm³/mol. The minimum atomic E-state index is -0.890. The number of amides is 1. The molecule has 1 heterocycles. The van der Waals surface area contributed by atoms with Crippen LogP contribution in [0.3, 0.4) is 0 Å². The van der Waals surface area contributed by atoms with Crippen molar-refractivity contribution in [3.8, 4) is 11.5 Å². The lowest BCUT2D eigenvalue weighted by Gasteiger charge is -2.30. The lowest BCUT2D eigenvalue weighted by Crippen LogP contribution is -2.36. The summed E-state index contributed by atoms with van der Waals surface area (Å²) in [5, 5.41) is 27.8. The molecule has 0 aromatic heterocycles. The van der Waals surface area contributed by atoms with Crippen LogP contribution in [0.25, 0.3) is 0 Å². The number of rotatable bonds is 3. The highest BCUT2D eigenvalue weighted by molar-refractivity contribution is 5.65. The fourth-order valence-corrected chi connectivity index (χ4v) is 3.07. The number of phenols is 2. The number of benzene rings is 2. The normalized spacial score (nSPS) is 14.4. The van der Waals surface area contributed by atoms with Crippen molar-refractivity contribution in [3.05, 3.63) is 59.7 Å². The maximum Gasteiger partial charge on any atom is 0.407 e. The highest BCUT2D eigenvalue weighted by Crippen LogP contribution is 2.35.